The number of hydrogen-bond acceptors (Lipinski definition) is 9. The molecular formula is C32H32N7Na2O7P. The molecular weight excluding hydrogens is 671 g/mol. The van der Waals surface area contributed by atoms with Crippen LogP contribution in [0.4, 0.5) is 4.79 Å². The number of urea groups is 1. The zero-order chi connectivity index (χ0) is 33.1. The number of hydrogen-bond donors (Lipinski definition) is 2. The summed E-state index contributed by atoms with van der Waals surface area (Å²) in [5.41, 5.74) is 3.06. The first-order valence-corrected chi connectivity index (χ1v) is 16.4. The Kier molecular flexibility index (Phi) is 13.3. The Hall–Kier alpha value is -3.01. The van der Waals surface area contributed by atoms with E-state index in [0.717, 1.165) is 22.0 Å². The molecule has 49 heavy (non-hydrogen) atoms. The standard InChI is InChI=1S/C32H34N7O7P.2Na/c1-2-15-37-21-29(40)38-27(16-22-11-13-26(14-12-22)46-47(43,44)45)31(41)36(19-25-10-6-9-24-18-34-35-30(24)25)20-28(38)39(37)32(42)33-17-23-7-4-3-5-8-23;;/h2-14,18,27-28H,1,15-17,19-21H2,(H,33,42)(H,34,35)(H2,43,44,45);;/q;2*+1/p-2. The van der Waals surface area contributed by atoms with Crippen LogP contribution >= 0.6 is 7.82 Å². The zero-order valence-electron chi connectivity index (χ0n) is 27.2. The van der Waals surface area contributed by atoms with Crippen molar-refractivity contribution in [1.29, 1.82) is 0 Å². The van der Waals surface area contributed by atoms with Gasteiger partial charge in [0.15, 0.2) is 0 Å². The van der Waals surface area contributed by atoms with Crippen molar-refractivity contribution in [2.45, 2.75) is 31.7 Å². The molecule has 0 aliphatic carbocycles. The first-order valence-electron chi connectivity index (χ1n) is 14.9. The van der Waals surface area contributed by atoms with Crippen LogP contribution in [0.5, 0.6) is 5.75 Å². The van der Waals surface area contributed by atoms with E-state index < -0.39 is 26.1 Å². The summed E-state index contributed by atoms with van der Waals surface area (Å²) in [7, 11) is -5.26. The second-order valence-electron chi connectivity index (χ2n) is 11.3. The van der Waals surface area contributed by atoms with Gasteiger partial charge in [0.25, 0.3) is 0 Å². The van der Waals surface area contributed by atoms with Crippen molar-refractivity contribution in [2.75, 3.05) is 19.6 Å². The Morgan fingerprint density at radius 3 is 2.47 bits per heavy atom. The molecule has 244 valence electrons. The van der Waals surface area contributed by atoms with Crippen molar-refractivity contribution in [3.05, 3.63) is 108 Å². The number of phosphoric acid groups is 1. The summed E-state index contributed by atoms with van der Waals surface area (Å²) in [5, 5.41) is 14.1. The quantitative estimate of drug-likeness (QED) is 0.0937. The number of hydrazine groups is 1. The zero-order valence-corrected chi connectivity index (χ0v) is 32.1. The van der Waals surface area contributed by atoms with E-state index in [1.165, 1.54) is 34.2 Å². The average molecular weight is 704 g/mol. The van der Waals surface area contributed by atoms with E-state index in [1.807, 2.05) is 48.5 Å². The fourth-order valence-electron chi connectivity index (χ4n) is 6.10. The molecule has 0 bridgehead atoms. The summed E-state index contributed by atoms with van der Waals surface area (Å²) in [6.07, 6.45) is 2.50. The fraction of sp³-hybridized carbons (Fsp3) is 0.250. The number of piperazine rings is 1. The molecule has 2 unspecified atom stereocenters. The van der Waals surface area contributed by atoms with Gasteiger partial charge in [-0.25, -0.2) is 14.8 Å². The molecule has 3 heterocycles. The van der Waals surface area contributed by atoms with Gasteiger partial charge in [0.2, 0.25) is 11.8 Å². The minimum Gasteiger partial charge on any atom is -0.780 e. The number of H-pyrrole nitrogens is 1. The summed E-state index contributed by atoms with van der Waals surface area (Å²) in [6.45, 7) is 4.34. The van der Waals surface area contributed by atoms with E-state index >= 15 is 0 Å². The average Bonchev–Trinajstić information content (AvgIpc) is 3.53. The number of carbonyl (C=O) groups is 3. The van der Waals surface area contributed by atoms with Gasteiger partial charge in [-0.05, 0) is 28.8 Å². The Morgan fingerprint density at radius 1 is 1.04 bits per heavy atom. The Labute approximate surface area is 327 Å². The summed E-state index contributed by atoms with van der Waals surface area (Å²) < 4.78 is 15.5. The number of aromatic amines is 1. The topological polar surface area (TPSA) is 177 Å². The van der Waals surface area contributed by atoms with Crippen molar-refractivity contribution in [3.8, 4) is 5.75 Å². The molecule has 2 N–H and O–H groups in total. The van der Waals surface area contributed by atoms with Crippen LogP contribution in [0.25, 0.3) is 10.9 Å². The predicted octanol–water partition coefficient (Wildman–Crippen LogP) is -4.48. The number of amides is 4. The van der Waals surface area contributed by atoms with Crippen LogP contribution in [0.2, 0.25) is 0 Å². The third kappa shape index (κ3) is 9.02. The van der Waals surface area contributed by atoms with Gasteiger partial charge in [-0.15, -0.1) is 6.58 Å². The van der Waals surface area contributed by atoms with Gasteiger partial charge in [-0.1, -0.05) is 66.7 Å². The van der Waals surface area contributed by atoms with Gasteiger partial charge < -0.3 is 34.0 Å². The largest absolute Gasteiger partial charge is 1.00 e. The van der Waals surface area contributed by atoms with Crippen molar-refractivity contribution >= 4 is 36.6 Å². The molecule has 2 atom stereocenters. The first-order chi connectivity index (χ1) is 22.6. The molecule has 2 saturated heterocycles. The normalized spacial score (nSPS) is 18.0. The van der Waals surface area contributed by atoms with Gasteiger partial charge in [-0.2, -0.15) is 5.10 Å². The van der Waals surface area contributed by atoms with Crippen molar-refractivity contribution in [3.63, 3.8) is 0 Å². The molecule has 0 saturated carbocycles. The van der Waals surface area contributed by atoms with E-state index in [-0.39, 0.29) is 116 Å². The number of carbonyl (C=O) groups excluding carboxylic acids is 3. The number of phosphoric ester groups is 1. The van der Waals surface area contributed by atoms with Gasteiger partial charge in [0, 0.05) is 31.4 Å². The molecule has 6 rings (SSSR count). The molecule has 2 aliphatic rings. The van der Waals surface area contributed by atoms with Crippen LogP contribution in [0.15, 0.2) is 91.6 Å². The van der Waals surface area contributed by atoms with Crippen molar-refractivity contribution in [2.24, 2.45) is 0 Å². The fourth-order valence-corrected chi connectivity index (χ4v) is 6.48. The van der Waals surface area contributed by atoms with Gasteiger partial charge >= 0.3 is 65.1 Å². The smallest absolute Gasteiger partial charge is 0.780 e. The van der Waals surface area contributed by atoms with Crippen LogP contribution < -0.4 is 78.7 Å². The number of fused-ring (bicyclic) bond motifs is 2. The third-order valence-corrected chi connectivity index (χ3v) is 8.59. The van der Waals surface area contributed by atoms with Crippen molar-refractivity contribution < 1.29 is 92.4 Å². The van der Waals surface area contributed by atoms with E-state index in [0.29, 0.717) is 5.56 Å². The molecule has 14 nitrogen and oxygen atoms in total. The molecule has 2 fully saturated rings. The van der Waals surface area contributed by atoms with Gasteiger partial charge in [0.05, 0.1) is 24.8 Å². The van der Waals surface area contributed by atoms with E-state index in [1.54, 1.807) is 22.2 Å². The maximum atomic E-state index is 14.3. The Bertz CT molecular complexity index is 1840. The summed E-state index contributed by atoms with van der Waals surface area (Å²) >= 11 is 0. The molecule has 4 amide bonds. The molecule has 4 aromatic rings. The SMILES string of the molecule is C=CCN1CC(=O)N2C(Cc3ccc(OP(=O)([O-])[O-])cc3)C(=O)N(Cc3cccc4cn[nH]c34)CC2N1C(=O)NCc1ccccc1.[Na+].[Na+]. The molecule has 3 aromatic carbocycles. The van der Waals surface area contributed by atoms with Crippen LogP contribution in [0.3, 0.4) is 0 Å². The maximum absolute atomic E-state index is 14.3. The Morgan fingerprint density at radius 2 is 1.78 bits per heavy atom. The molecule has 0 spiro atoms. The molecule has 2 aliphatic heterocycles. The number of benzene rings is 3. The summed E-state index contributed by atoms with van der Waals surface area (Å²) in [6, 6.07) is 19.3. The Balaban J connectivity index is 0.00000270. The van der Waals surface area contributed by atoms with Crippen molar-refractivity contribution in [1.82, 2.24) is 35.3 Å². The molecule has 0 radical (unpaired) electrons. The minimum atomic E-state index is -5.26. The van der Waals surface area contributed by atoms with Crippen LogP contribution in [-0.2, 0) is 33.7 Å². The summed E-state index contributed by atoms with van der Waals surface area (Å²) in [4.78, 5) is 67.2. The third-order valence-electron chi connectivity index (χ3n) is 8.16. The monoisotopic (exact) mass is 703 g/mol. The molecule has 1 aromatic heterocycles. The number of para-hydroxylation sites is 1. The number of aromatic nitrogens is 2. The number of nitrogens with zero attached hydrogens (tertiary/aromatic N) is 5. The van der Waals surface area contributed by atoms with Crippen LogP contribution in [0.1, 0.15) is 16.7 Å². The second-order valence-corrected chi connectivity index (χ2v) is 12.4. The van der Waals surface area contributed by atoms with Gasteiger partial charge in [0.1, 0.15) is 25.8 Å². The first kappa shape index (κ1) is 38.8. The van der Waals surface area contributed by atoms with Crippen LogP contribution in [-0.4, -0.2) is 79.7 Å². The second kappa shape index (κ2) is 16.8. The minimum absolute atomic E-state index is 0. The number of rotatable bonds is 10. The van der Waals surface area contributed by atoms with E-state index in [9.17, 15) is 28.7 Å². The summed E-state index contributed by atoms with van der Waals surface area (Å²) in [5.74, 6) is -0.826. The van der Waals surface area contributed by atoms with E-state index in [4.69, 9.17) is 0 Å². The maximum Gasteiger partial charge on any atom is 1.00 e. The van der Waals surface area contributed by atoms with Crippen LogP contribution in [0, 0.1) is 0 Å². The number of nitrogens with one attached hydrogen (secondary N) is 2. The molecule has 17 heteroatoms. The van der Waals surface area contributed by atoms with E-state index in [2.05, 4.69) is 26.6 Å². The predicted molar refractivity (Wildman–Crippen MR) is 167 cm³/mol. The van der Waals surface area contributed by atoms with Gasteiger partial charge in [-0.3, -0.25) is 14.7 Å².